The molecule has 1 aliphatic carbocycles. The van der Waals surface area contributed by atoms with E-state index in [9.17, 15) is 0 Å². The van der Waals surface area contributed by atoms with E-state index >= 15 is 0 Å². The van der Waals surface area contributed by atoms with Crippen LogP contribution < -0.4 is 0 Å². The highest BCUT2D eigenvalue weighted by atomic mass is 15.2. The third-order valence-electron chi connectivity index (χ3n) is 4.65. The molecule has 3 rings (SSSR count). The first kappa shape index (κ1) is 16.0. The number of hydrogen-bond acceptors (Lipinski definition) is 3. The summed E-state index contributed by atoms with van der Waals surface area (Å²) < 4.78 is 4.29. The van der Waals surface area contributed by atoms with Crippen LogP contribution in [-0.4, -0.2) is 37.1 Å². The van der Waals surface area contributed by atoms with Crippen LogP contribution in [0.15, 0.2) is 43.4 Å². The highest BCUT2D eigenvalue weighted by Crippen LogP contribution is 2.20. The molecule has 0 bridgehead atoms. The molecule has 0 saturated carbocycles. The summed E-state index contributed by atoms with van der Waals surface area (Å²) in [6.07, 6.45) is 19.3. The Labute approximate surface area is 138 Å². The minimum absolute atomic E-state index is 0.793. The van der Waals surface area contributed by atoms with E-state index < -0.39 is 0 Å². The lowest BCUT2D eigenvalue weighted by Gasteiger charge is -2.28. The minimum Gasteiger partial charge on any atom is -0.337 e. The van der Waals surface area contributed by atoms with Crippen molar-refractivity contribution in [2.24, 2.45) is 13.0 Å². The minimum atomic E-state index is 0.793. The zero-order valence-electron chi connectivity index (χ0n) is 14.0. The SMILES string of the molecule is Cn1cncc1CN(CCCn1ccnc1)CC1CC=CCC1. The van der Waals surface area contributed by atoms with Gasteiger partial charge in [-0.2, -0.15) is 0 Å². The fraction of sp³-hybridized carbons (Fsp3) is 0.556. The second-order valence-electron chi connectivity index (χ2n) is 6.54. The van der Waals surface area contributed by atoms with E-state index in [1.165, 1.54) is 31.5 Å². The van der Waals surface area contributed by atoms with Gasteiger partial charge in [-0.25, -0.2) is 9.97 Å². The first-order valence-electron chi connectivity index (χ1n) is 8.59. The maximum Gasteiger partial charge on any atom is 0.0945 e. The monoisotopic (exact) mass is 313 g/mol. The van der Waals surface area contributed by atoms with Crippen LogP contribution in [0.2, 0.25) is 0 Å². The average molecular weight is 313 g/mol. The van der Waals surface area contributed by atoms with Crippen LogP contribution in [0.1, 0.15) is 31.4 Å². The summed E-state index contributed by atoms with van der Waals surface area (Å²) in [6.45, 7) is 4.32. The van der Waals surface area contributed by atoms with Gasteiger partial charge in [0.1, 0.15) is 0 Å². The van der Waals surface area contributed by atoms with Crippen molar-refractivity contribution in [3.63, 3.8) is 0 Å². The molecule has 5 heteroatoms. The molecule has 2 aromatic rings. The fourth-order valence-corrected chi connectivity index (χ4v) is 3.28. The van der Waals surface area contributed by atoms with Gasteiger partial charge in [0.25, 0.3) is 0 Å². The number of rotatable bonds is 8. The largest absolute Gasteiger partial charge is 0.337 e. The van der Waals surface area contributed by atoms with Crippen molar-refractivity contribution >= 4 is 0 Å². The van der Waals surface area contributed by atoms with Gasteiger partial charge in [0.15, 0.2) is 0 Å². The Hall–Kier alpha value is -1.88. The standard InChI is InChI=1S/C18H27N5/c1-21-15-20-12-18(21)14-23(13-17-6-3-2-4-7-17)10-5-9-22-11-8-19-16-22/h2-3,8,11-12,15-17H,4-7,9-10,13-14H2,1H3. The molecule has 0 saturated heterocycles. The number of aryl methyl sites for hydroxylation is 2. The lowest BCUT2D eigenvalue weighted by atomic mass is 9.94. The Morgan fingerprint density at radius 1 is 1.26 bits per heavy atom. The second-order valence-corrected chi connectivity index (χ2v) is 6.54. The summed E-state index contributed by atoms with van der Waals surface area (Å²) in [7, 11) is 2.08. The summed E-state index contributed by atoms with van der Waals surface area (Å²) in [5, 5.41) is 0. The predicted molar refractivity (Wildman–Crippen MR) is 91.8 cm³/mol. The molecule has 2 aromatic heterocycles. The van der Waals surface area contributed by atoms with Gasteiger partial charge in [0.2, 0.25) is 0 Å². The van der Waals surface area contributed by atoms with Crippen molar-refractivity contribution in [1.29, 1.82) is 0 Å². The summed E-state index contributed by atoms with van der Waals surface area (Å²) in [5.41, 5.74) is 1.29. The van der Waals surface area contributed by atoms with Crippen LogP contribution in [-0.2, 0) is 20.1 Å². The zero-order valence-corrected chi connectivity index (χ0v) is 14.0. The summed E-state index contributed by atoms with van der Waals surface area (Å²) >= 11 is 0. The van der Waals surface area contributed by atoms with E-state index in [1.807, 2.05) is 31.2 Å². The molecule has 1 atom stereocenters. The van der Waals surface area contributed by atoms with E-state index in [0.717, 1.165) is 32.0 Å². The number of imidazole rings is 2. The van der Waals surface area contributed by atoms with E-state index in [2.05, 4.69) is 43.2 Å². The summed E-state index contributed by atoms with van der Waals surface area (Å²) in [4.78, 5) is 11.0. The van der Waals surface area contributed by atoms with Gasteiger partial charge < -0.3 is 9.13 Å². The molecule has 0 amide bonds. The van der Waals surface area contributed by atoms with Crippen LogP contribution in [0.25, 0.3) is 0 Å². The molecule has 1 aliphatic rings. The molecule has 5 nitrogen and oxygen atoms in total. The average Bonchev–Trinajstić information content (AvgIpc) is 3.21. The highest BCUT2D eigenvalue weighted by Gasteiger charge is 2.16. The first-order valence-corrected chi connectivity index (χ1v) is 8.59. The molecule has 2 heterocycles. The van der Waals surface area contributed by atoms with Crippen LogP contribution >= 0.6 is 0 Å². The third-order valence-corrected chi connectivity index (χ3v) is 4.65. The molecule has 0 fully saturated rings. The number of nitrogens with zero attached hydrogens (tertiary/aromatic N) is 5. The highest BCUT2D eigenvalue weighted by molar-refractivity contribution is 4.98. The van der Waals surface area contributed by atoms with Gasteiger partial charge in [0.05, 0.1) is 18.3 Å². The summed E-state index contributed by atoms with van der Waals surface area (Å²) in [6, 6.07) is 0. The fourth-order valence-electron chi connectivity index (χ4n) is 3.28. The lowest BCUT2D eigenvalue weighted by molar-refractivity contribution is 0.205. The predicted octanol–water partition coefficient (Wildman–Crippen LogP) is 2.87. The van der Waals surface area contributed by atoms with Gasteiger partial charge in [-0.1, -0.05) is 12.2 Å². The van der Waals surface area contributed by atoms with E-state index in [4.69, 9.17) is 0 Å². The molecule has 0 N–H and O–H groups in total. The maximum absolute atomic E-state index is 4.26. The Balaban J connectivity index is 1.55. The Bertz CT molecular complexity index is 599. The number of aromatic nitrogens is 4. The molecule has 0 aromatic carbocycles. The van der Waals surface area contributed by atoms with Crippen LogP contribution in [0.3, 0.4) is 0 Å². The Morgan fingerprint density at radius 2 is 2.22 bits per heavy atom. The molecular formula is C18H27N5. The third kappa shape index (κ3) is 4.79. The van der Waals surface area contributed by atoms with E-state index in [0.29, 0.717) is 0 Å². The van der Waals surface area contributed by atoms with Crippen molar-refractivity contribution in [2.75, 3.05) is 13.1 Å². The van der Waals surface area contributed by atoms with Crippen LogP contribution in [0.5, 0.6) is 0 Å². The second kappa shape index (κ2) is 8.11. The van der Waals surface area contributed by atoms with Gasteiger partial charge in [-0.05, 0) is 31.6 Å². The van der Waals surface area contributed by atoms with Gasteiger partial charge >= 0.3 is 0 Å². The van der Waals surface area contributed by atoms with Crippen molar-refractivity contribution < 1.29 is 0 Å². The van der Waals surface area contributed by atoms with E-state index in [-0.39, 0.29) is 0 Å². The lowest BCUT2D eigenvalue weighted by Crippen LogP contribution is -2.31. The molecule has 1 unspecified atom stereocenters. The van der Waals surface area contributed by atoms with Gasteiger partial charge in [0, 0.05) is 51.8 Å². The van der Waals surface area contributed by atoms with Crippen LogP contribution in [0.4, 0.5) is 0 Å². The van der Waals surface area contributed by atoms with Crippen molar-refractivity contribution in [3.8, 4) is 0 Å². The number of hydrogen-bond donors (Lipinski definition) is 0. The Kier molecular flexibility index (Phi) is 5.64. The normalized spacial score (nSPS) is 17.9. The first-order chi connectivity index (χ1) is 11.3. The van der Waals surface area contributed by atoms with Gasteiger partial charge in [-0.3, -0.25) is 4.90 Å². The topological polar surface area (TPSA) is 38.9 Å². The van der Waals surface area contributed by atoms with Crippen molar-refractivity contribution in [3.05, 3.63) is 49.1 Å². The maximum atomic E-state index is 4.26. The molecule has 0 radical (unpaired) electrons. The molecule has 124 valence electrons. The molecule has 0 aliphatic heterocycles. The van der Waals surface area contributed by atoms with Gasteiger partial charge in [-0.15, -0.1) is 0 Å². The summed E-state index contributed by atoms with van der Waals surface area (Å²) in [5.74, 6) is 0.793. The van der Waals surface area contributed by atoms with Crippen molar-refractivity contribution in [1.82, 2.24) is 24.0 Å². The van der Waals surface area contributed by atoms with Crippen molar-refractivity contribution in [2.45, 2.75) is 38.8 Å². The molecule has 0 spiro atoms. The number of allylic oxidation sites excluding steroid dienone is 2. The molecular weight excluding hydrogens is 286 g/mol. The molecule has 23 heavy (non-hydrogen) atoms. The Morgan fingerprint density at radius 3 is 2.91 bits per heavy atom. The van der Waals surface area contributed by atoms with E-state index in [1.54, 1.807) is 0 Å². The smallest absolute Gasteiger partial charge is 0.0945 e. The van der Waals surface area contributed by atoms with Crippen LogP contribution in [0, 0.1) is 5.92 Å². The quantitative estimate of drug-likeness (QED) is 0.704. The zero-order chi connectivity index (χ0) is 15.9.